The molecule has 0 aliphatic rings. The number of hydrogen-bond donors (Lipinski definition) is 0. The summed E-state index contributed by atoms with van der Waals surface area (Å²) < 4.78 is 28.2. The summed E-state index contributed by atoms with van der Waals surface area (Å²) in [7, 11) is 3.26. The van der Waals surface area contributed by atoms with E-state index in [0.717, 1.165) is 22.9 Å². The zero-order valence-electron chi connectivity index (χ0n) is 18.2. The van der Waals surface area contributed by atoms with E-state index in [0.29, 0.717) is 24.0 Å². The Morgan fingerprint density at radius 2 is 1.35 bits per heavy atom. The van der Waals surface area contributed by atoms with Crippen molar-refractivity contribution in [1.29, 1.82) is 0 Å². The van der Waals surface area contributed by atoms with E-state index < -0.39 is 6.10 Å². The molecule has 0 aliphatic heterocycles. The van der Waals surface area contributed by atoms with E-state index in [1.807, 2.05) is 86.6 Å². The van der Waals surface area contributed by atoms with E-state index in [1.54, 1.807) is 14.2 Å². The normalized spacial score (nSPS) is 12.1. The zero-order chi connectivity index (χ0) is 22.1. The second-order valence-electron chi connectivity index (χ2n) is 6.59. The zero-order valence-corrected chi connectivity index (χ0v) is 18.2. The molecule has 0 N–H and O–H groups in total. The van der Waals surface area contributed by atoms with Crippen LogP contribution in [0.15, 0.2) is 77.8 Å². The number of methoxy groups -OCH3 is 2. The monoisotopic (exact) mass is 421 g/mol. The van der Waals surface area contributed by atoms with Gasteiger partial charge in [0, 0.05) is 6.07 Å². The minimum Gasteiger partial charge on any atom is -0.497 e. The van der Waals surface area contributed by atoms with Crippen LogP contribution in [0.5, 0.6) is 28.7 Å². The lowest BCUT2D eigenvalue weighted by atomic mass is 10.3. The molecule has 1 atom stereocenters. The van der Waals surface area contributed by atoms with E-state index in [9.17, 15) is 0 Å². The lowest BCUT2D eigenvalue weighted by Crippen LogP contribution is -2.28. The first-order valence-corrected chi connectivity index (χ1v) is 10.1. The molecule has 3 aromatic rings. The summed E-state index contributed by atoms with van der Waals surface area (Å²) in [6.07, 6.45) is -0.453. The number of hydrogen-bond acceptors (Lipinski definition) is 6. The number of nitrogens with zero attached hydrogens (tertiary/aromatic N) is 1. The Morgan fingerprint density at radius 3 is 1.97 bits per heavy atom. The van der Waals surface area contributed by atoms with Crippen molar-refractivity contribution in [3.05, 3.63) is 72.8 Å². The Morgan fingerprint density at radius 1 is 0.774 bits per heavy atom. The van der Waals surface area contributed by atoms with Gasteiger partial charge in [-0.3, -0.25) is 0 Å². The molecule has 162 valence electrons. The SMILES string of the molecule is CCOc1cccc(OC(=Nc2ccc(OC)cc2)C(C)Oc2ccc(OC)cc2)c1. The maximum absolute atomic E-state index is 6.13. The number of aliphatic imine (C=N–C) groups is 1. The molecule has 0 radical (unpaired) electrons. The third-order valence-corrected chi connectivity index (χ3v) is 4.37. The van der Waals surface area contributed by atoms with E-state index in [1.165, 1.54) is 0 Å². The van der Waals surface area contributed by atoms with E-state index in [4.69, 9.17) is 23.7 Å². The molecule has 0 fully saturated rings. The van der Waals surface area contributed by atoms with Crippen molar-refractivity contribution in [2.45, 2.75) is 20.0 Å². The van der Waals surface area contributed by atoms with Gasteiger partial charge in [0.15, 0.2) is 6.10 Å². The molecule has 6 nitrogen and oxygen atoms in total. The van der Waals surface area contributed by atoms with Gasteiger partial charge in [-0.1, -0.05) is 6.07 Å². The third kappa shape index (κ3) is 6.40. The van der Waals surface area contributed by atoms with Gasteiger partial charge in [-0.05, 0) is 74.5 Å². The molecule has 0 saturated carbocycles. The summed E-state index contributed by atoms with van der Waals surface area (Å²) in [6.45, 7) is 4.40. The molecule has 0 aromatic heterocycles. The Kier molecular flexibility index (Phi) is 7.76. The van der Waals surface area contributed by atoms with Gasteiger partial charge in [0.25, 0.3) is 0 Å². The topological polar surface area (TPSA) is 58.5 Å². The van der Waals surface area contributed by atoms with Gasteiger partial charge in [-0.25, -0.2) is 4.99 Å². The predicted octanol–water partition coefficient (Wildman–Crippen LogP) is 5.68. The smallest absolute Gasteiger partial charge is 0.236 e. The van der Waals surface area contributed by atoms with Crippen LogP contribution in [-0.4, -0.2) is 32.8 Å². The number of benzene rings is 3. The first-order valence-electron chi connectivity index (χ1n) is 10.1. The Balaban J connectivity index is 1.86. The van der Waals surface area contributed by atoms with Crippen molar-refractivity contribution >= 4 is 11.6 Å². The third-order valence-electron chi connectivity index (χ3n) is 4.37. The standard InChI is InChI=1S/C25H27NO5/c1-5-29-23-7-6-8-24(17-23)31-25(26-19-9-11-20(27-3)12-10-19)18(2)30-22-15-13-21(28-4)14-16-22/h6-18H,5H2,1-4H3. The van der Waals surface area contributed by atoms with Gasteiger partial charge < -0.3 is 23.7 Å². The first kappa shape index (κ1) is 22.0. The quantitative estimate of drug-likeness (QED) is 0.329. The van der Waals surface area contributed by atoms with Gasteiger partial charge in [0.2, 0.25) is 5.90 Å². The van der Waals surface area contributed by atoms with Gasteiger partial charge >= 0.3 is 0 Å². The molecule has 3 rings (SSSR count). The second-order valence-corrected chi connectivity index (χ2v) is 6.59. The molecule has 0 heterocycles. The largest absolute Gasteiger partial charge is 0.497 e. The van der Waals surface area contributed by atoms with Crippen LogP contribution in [0.2, 0.25) is 0 Å². The molecule has 0 aliphatic carbocycles. The second kappa shape index (κ2) is 10.9. The van der Waals surface area contributed by atoms with Crippen LogP contribution in [-0.2, 0) is 0 Å². The highest BCUT2D eigenvalue weighted by atomic mass is 16.5. The highest BCUT2D eigenvalue weighted by Gasteiger charge is 2.17. The predicted molar refractivity (Wildman–Crippen MR) is 121 cm³/mol. The fourth-order valence-electron chi connectivity index (χ4n) is 2.80. The molecule has 1 unspecified atom stereocenters. The molecule has 0 saturated heterocycles. The fourth-order valence-corrected chi connectivity index (χ4v) is 2.80. The lowest BCUT2D eigenvalue weighted by Gasteiger charge is -2.18. The molecule has 0 amide bonds. The highest BCUT2D eigenvalue weighted by molar-refractivity contribution is 5.85. The maximum Gasteiger partial charge on any atom is 0.236 e. The van der Waals surface area contributed by atoms with E-state index >= 15 is 0 Å². The summed E-state index contributed by atoms with van der Waals surface area (Å²) in [6, 6.07) is 22.2. The Bertz CT molecular complexity index is 984. The van der Waals surface area contributed by atoms with Crippen molar-refractivity contribution in [2.75, 3.05) is 20.8 Å². The molecule has 31 heavy (non-hydrogen) atoms. The summed E-state index contributed by atoms with van der Waals surface area (Å²) in [5, 5.41) is 0. The summed E-state index contributed by atoms with van der Waals surface area (Å²) in [5.41, 5.74) is 0.724. The summed E-state index contributed by atoms with van der Waals surface area (Å²) >= 11 is 0. The van der Waals surface area contributed by atoms with Gasteiger partial charge in [-0.2, -0.15) is 0 Å². The van der Waals surface area contributed by atoms with Crippen LogP contribution in [0, 0.1) is 0 Å². The van der Waals surface area contributed by atoms with Crippen molar-refractivity contribution in [3.8, 4) is 28.7 Å². The Hall–Kier alpha value is -3.67. The highest BCUT2D eigenvalue weighted by Crippen LogP contribution is 2.24. The van der Waals surface area contributed by atoms with E-state index in [2.05, 4.69) is 4.99 Å². The average molecular weight is 421 g/mol. The van der Waals surface area contributed by atoms with Crippen LogP contribution < -0.4 is 23.7 Å². The van der Waals surface area contributed by atoms with Crippen molar-refractivity contribution < 1.29 is 23.7 Å². The number of rotatable bonds is 9. The maximum atomic E-state index is 6.13. The first-order chi connectivity index (χ1) is 15.1. The average Bonchev–Trinajstić information content (AvgIpc) is 2.80. The van der Waals surface area contributed by atoms with Crippen LogP contribution in [0.4, 0.5) is 5.69 Å². The minimum atomic E-state index is -0.453. The van der Waals surface area contributed by atoms with Crippen LogP contribution in [0.1, 0.15) is 13.8 Å². The lowest BCUT2D eigenvalue weighted by molar-refractivity contribution is 0.262. The van der Waals surface area contributed by atoms with Crippen molar-refractivity contribution in [2.24, 2.45) is 4.99 Å². The molecule has 0 spiro atoms. The Labute approximate surface area is 183 Å². The van der Waals surface area contributed by atoms with Gasteiger partial charge in [0.05, 0.1) is 26.5 Å². The van der Waals surface area contributed by atoms with Crippen molar-refractivity contribution in [3.63, 3.8) is 0 Å². The molecule has 6 heteroatoms. The van der Waals surface area contributed by atoms with Crippen LogP contribution in [0.3, 0.4) is 0 Å². The van der Waals surface area contributed by atoms with Crippen LogP contribution in [0.25, 0.3) is 0 Å². The fraction of sp³-hybridized carbons (Fsp3) is 0.240. The summed E-state index contributed by atoms with van der Waals surface area (Å²) in [5.74, 6) is 3.96. The summed E-state index contributed by atoms with van der Waals surface area (Å²) in [4.78, 5) is 4.68. The molecular formula is C25H27NO5. The van der Waals surface area contributed by atoms with Crippen molar-refractivity contribution in [1.82, 2.24) is 0 Å². The minimum absolute atomic E-state index is 0.412. The molecule has 3 aromatic carbocycles. The number of ether oxygens (including phenoxy) is 5. The van der Waals surface area contributed by atoms with Gasteiger partial charge in [-0.15, -0.1) is 0 Å². The van der Waals surface area contributed by atoms with Crippen LogP contribution >= 0.6 is 0 Å². The molecule has 0 bridgehead atoms. The molecular weight excluding hydrogens is 394 g/mol. The van der Waals surface area contributed by atoms with Gasteiger partial charge in [0.1, 0.15) is 28.7 Å². The van der Waals surface area contributed by atoms with E-state index in [-0.39, 0.29) is 0 Å².